The second kappa shape index (κ2) is 4.21. The van der Waals surface area contributed by atoms with E-state index >= 15 is 0 Å². The predicted molar refractivity (Wildman–Crippen MR) is 62.5 cm³/mol. The average Bonchev–Trinajstić information content (AvgIpc) is 2.60. The molecule has 0 atom stereocenters. The molecule has 0 amide bonds. The molecular formula is C9H14N2O3S2. The van der Waals surface area contributed by atoms with Crippen molar-refractivity contribution in [3.8, 4) is 5.88 Å². The van der Waals surface area contributed by atoms with Crippen molar-refractivity contribution in [2.75, 3.05) is 0 Å². The molecule has 1 fully saturated rings. The van der Waals surface area contributed by atoms with Crippen molar-refractivity contribution in [3.05, 3.63) is 11.0 Å². The van der Waals surface area contributed by atoms with Gasteiger partial charge in [-0.25, -0.2) is 12.4 Å². The molecule has 1 aromatic rings. The molecular weight excluding hydrogens is 248 g/mol. The second-order valence-electron chi connectivity index (χ2n) is 4.05. The maximum absolute atomic E-state index is 12.2. The summed E-state index contributed by atoms with van der Waals surface area (Å²) in [6.45, 7) is 0. The maximum Gasteiger partial charge on any atom is 0.243 e. The van der Waals surface area contributed by atoms with Gasteiger partial charge in [-0.2, -0.15) is 0 Å². The van der Waals surface area contributed by atoms with Crippen LogP contribution in [-0.4, -0.2) is 27.7 Å². The Labute approximate surface area is 99.2 Å². The molecule has 1 saturated carbocycles. The molecule has 1 aliphatic carbocycles. The molecule has 0 aromatic carbocycles. The van der Waals surface area contributed by atoms with E-state index in [4.69, 9.17) is 12.2 Å². The number of aromatic hydroxyl groups is 1. The first-order valence-corrected chi connectivity index (χ1v) is 7.18. The summed E-state index contributed by atoms with van der Waals surface area (Å²) in [5.74, 6) is -0.218. The molecule has 2 N–H and O–H groups in total. The first-order valence-electron chi connectivity index (χ1n) is 5.27. The zero-order valence-corrected chi connectivity index (χ0v) is 10.4. The minimum Gasteiger partial charge on any atom is -0.493 e. The molecule has 1 aliphatic rings. The molecule has 2 rings (SSSR count). The molecule has 0 unspecified atom stereocenters. The van der Waals surface area contributed by atoms with Crippen LogP contribution in [0.3, 0.4) is 0 Å². The van der Waals surface area contributed by atoms with Crippen LogP contribution in [0.5, 0.6) is 5.88 Å². The van der Waals surface area contributed by atoms with Crippen molar-refractivity contribution < 1.29 is 13.5 Å². The van der Waals surface area contributed by atoms with Crippen LogP contribution in [-0.2, 0) is 10.0 Å². The van der Waals surface area contributed by atoms with Crippen LogP contribution in [0.2, 0.25) is 0 Å². The normalized spacial score (nSPS) is 18.8. The Morgan fingerprint density at radius 1 is 1.38 bits per heavy atom. The molecule has 0 aliphatic heterocycles. The minimum atomic E-state index is -3.45. The summed E-state index contributed by atoms with van der Waals surface area (Å²) in [4.78, 5) is 2.41. The third kappa shape index (κ3) is 2.01. The highest BCUT2D eigenvalue weighted by Crippen LogP contribution is 2.25. The van der Waals surface area contributed by atoms with Crippen LogP contribution in [0, 0.1) is 4.77 Å². The second-order valence-corrected chi connectivity index (χ2v) is 6.52. The van der Waals surface area contributed by atoms with Gasteiger partial charge in [0.15, 0.2) is 4.77 Å². The standard InChI is InChI=1S/C9H14N2O3S2/c12-8-6-11(9(15)10-8)16(13,14)7-4-2-1-3-5-7/h6-7,12H,1-5H2,(H,10,15). The van der Waals surface area contributed by atoms with Gasteiger partial charge in [0.25, 0.3) is 0 Å². The third-order valence-electron chi connectivity index (χ3n) is 2.92. The van der Waals surface area contributed by atoms with E-state index in [9.17, 15) is 13.5 Å². The molecule has 1 heterocycles. The quantitative estimate of drug-likeness (QED) is 0.796. The number of hydrogen-bond donors (Lipinski definition) is 2. The lowest BCUT2D eigenvalue weighted by Gasteiger charge is -2.21. The topological polar surface area (TPSA) is 75.1 Å². The Morgan fingerprint density at radius 3 is 2.50 bits per heavy atom. The molecule has 7 heteroatoms. The monoisotopic (exact) mass is 262 g/mol. The minimum absolute atomic E-state index is 0.0306. The molecule has 5 nitrogen and oxygen atoms in total. The highest BCUT2D eigenvalue weighted by molar-refractivity contribution is 7.90. The molecule has 90 valence electrons. The fourth-order valence-corrected chi connectivity index (χ4v) is 4.32. The summed E-state index contributed by atoms with van der Waals surface area (Å²) in [5.41, 5.74) is 0. The summed E-state index contributed by atoms with van der Waals surface area (Å²) in [6.07, 6.45) is 5.45. The van der Waals surface area contributed by atoms with Gasteiger partial charge < -0.3 is 10.1 Å². The van der Waals surface area contributed by atoms with Crippen LogP contribution in [0.1, 0.15) is 32.1 Å². The van der Waals surface area contributed by atoms with Crippen molar-refractivity contribution in [2.24, 2.45) is 0 Å². The lowest BCUT2D eigenvalue weighted by Crippen LogP contribution is -2.29. The fourth-order valence-electron chi connectivity index (χ4n) is 2.08. The largest absolute Gasteiger partial charge is 0.493 e. The van der Waals surface area contributed by atoms with Crippen LogP contribution in [0.25, 0.3) is 0 Å². The van der Waals surface area contributed by atoms with Gasteiger partial charge in [0.2, 0.25) is 15.9 Å². The number of imidazole rings is 1. The van der Waals surface area contributed by atoms with E-state index < -0.39 is 10.0 Å². The third-order valence-corrected chi connectivity index (χ3v) is 5.49. The molecule has 16 heavy (non-hydrogen) atoms. The summed E-state index contributed by atoms with van der Waals surface area (Å²) in [5, 5.41) is 8.82. The number of rotatable bonds is 2. The van der Waals surface area contributed by atoms with Crippen molar-refractivity contribution in [3.63, 3.8) is 0 Å². The number of aromatic amines is 1. The van der Waals surface area contributed by atoms with Crippen molar-refractivity contribution in [1.29, 1.82) is 0 Å². The zero-order chi connectivity index (χ0) is 11.8. The summed E-state index contributed by atoms with van der Waals surface area (Å²) in [7, 11) is -3.45. The SMILES string of the molecule is O=S(=O)(C1CCCCC1)n1cc(O)[nH]c1=S. The first kappa shape index (κ1) is 11.7. The van der Waals surface area contributed by atoms with E-state index in [1.54, 1.807) is 0 Å². The lowest BCUT2D eigenvalue weighted by molar-refractivity contribution is 0.455. The number of nitrogens with one attached hydrogen (secondary N) is 1. The molecule has 0 spiro atoms. The van der Waals surface area contributed by atoms with Crippen LogP contribution >= 0.6 is 12.2 Å². The van der Waals surface area contributed by atoms with Crippen LogP contribution < -0.4 is 0 Å². The van der Waals surface area contributed by atoms with Gasteiger partial charge in [-0.05, 0) is 25.1 Å². The Hall–Kier alpha value is -0.820. The van der Waals surface area contributed by atoms with E-state index in [0.29, 0.717) is 12.8 Å². The van der Waals surface area contributed by atoms with Crippen molar-refractivity contribution in [2.45, 2.75) is 37.4 Å². The molecule has 0 bridgehead atoms. The van der Waals surface area contributed by atoms with E-state index in [1.165, 1.54) is 0 Å². The van der Waals surface area contributed by atoms with Gasteiger partial charge >= 0.3 is 0 Å². The van der Waals surface area contributed by atoms with Gasteiger partial charge in [0.05, 0.1) is 11.4 Å². The van der Waals surface area contributed by atoms with Gasteiger partial charge in [0.1, 0.15) is 0 Å². The van der Waals surface area contributed by atoms with Gasteiger partial charge in [-0.15, -0.1) is 0 Å². The van der Waals surface area contributed by atoms with E-state index in [-0.39, 0.29) is 15.9 Å². The maximum atomic E-state index is 12.2. The van der Waals surface area contributed by atoms with E-state index in [0.717, 1.165) is 29.4 Å². The predicted octanol–water partition coefficient (Wildman–Crippen LogP) is 1.76. The van der Waals surface area contributed by atoms with Crippen molar-refractivity contribution >= 4 is 22.2 Å². The molecule has 0 saturated heterocycles. The number of H-pyrrole nitrogens is 1. The smallest absolute Gasteiger partial charge is 0.243 e. The van der Waals surface area contributed by atoms with Gasteiger partial charge in [-0.3, -0.25) is 0 Å². The first-order chi connectivity index (χ1) is 7.51. The Balaban J connectivity index is 2.38. The lowest BCUT2D eigenvalue weighted by atomic mass is 10.0. The number of hydrogen-bond acceptors (Lipinski definition) is 4. The summed E-state index contributed by atoms with van der Waals surface area (Å²) in [6, 6.07) is 0. The number of aromatic nitrogens is 2. The highest BCUT2D eigenvalue weighted by Gasteiger charge is 2.29. The summed E-state index contributed by atoms with van der Waals surface area (Å²) >= 11 is 4.86. The Morgan fingerprint density at radius 2 is 2.00 bits per heavy atom. The highest BCUT2D eigenvalue weighted by atomic mass is 32.2. The van der Waals surface area contributed by atoms with Gasteiger partial charge in [-0.1, -0.05) is 19.3 Å². The van der Waals surface area contributed by atoms with E-state index in [1.807, 2.05) is 0 Å². The van der Waals surface area contributed by atoms with Crippen molar-refractivity contribution in [1.82, 2.24) is 8.96 Å². The molecule has 0 radical (unpaired) electrons. The average molecular weight is 262 g/mol. The van der Waals surface area contributed by atoms with Crippen LogP contribution in [0.15, 0.2) is 6.20 Å². The number of nitrogens with zero attached hydrogens (tertiary/aromatic N) is 1. The fraction of sp³-hybridized carbons (Fsp3) is 0.667. The van der Waals surface area contributed by atoms with E-state index in [2.05, 4.69) is 4.98 Å². The Bertz CT molecular complexity index is 523. The van der Waals surface area contributed by atoms with Crippen LogP contribution in [0.4, 0.5) is 0 Å². The van der Waals surface area contributed by atoms with Gasteiger partial charge in [0, 0.05) is 0 Å². The Kier molecular flexibility index (Phi) is 3.07. The zero-order valence-electron chi connectivity index (χ0n) is 8.72. The molecule has 1 aromatic heterocycles. The summed E-state index contributed by atoms with van der Waals surface area (Å²) < 4.78 is 25.4.